The Balaban J connectivity index is 1.97. The number of hydrogen-bond acceptors (Lipinski definition) is 3. The summed E-state index contributed by atoms with van der Waals surface area (Å²) in [6, 6.07) is 8.78. The topological polar surface area (TPSA) is 58.6 Å². The number of nitrogens with zero attached hydrogens (tertiary/aromatic N) is 1. The molecule has 0 bridgehead atoms. The van der Waals surface area contributed by atoms with Crippen molar-refractivity contribution in [1.29, 1.82) is 0 Å². The number of amides is 2. The zero-order valence-electron chi connectivity index (χ0n) is 18.8. The molecule has 0 aliphatic carbocycles. The van der Waals surface area contributed by atoms with Crippen LogP contribution in [-0.4, -0.2) is 25.5 Å². The Morgan fingerprint density at radius 1 is 1.22 bits per heavy atom. The van der Waals surface area contributed by atoms with E-state index in [4.69, 9.17) is 4.74 Å². The second-order valence-electron chi connectivity index (χ2n) is 8.30. The number of anilines is 2. The number of carbonyl (C=O) groups is 2. The quantitative estimate of drug-likeness (QED) is 0.671. The van der Waals surface area contributed by atoms with Crippen LogP contribution >= 0.6 is 0 Å². The third kappa shape index (κ3) is 4.06. The molecule has 5 nitrogen and oxygen atoms in total. The molecule has 1 heterocycles. The molecule has 172 valence electrons. The van der Waals surface area contributed by atoms with Crippen molar-refractivity contribution in [1.82, 2.24) is 0 Å². The van der Waals surface area contributed by atoms with Crippen LogP contribution in [0.15, 0.2) is 36.4 Å². The number of methoxy groups -OCH3 is 1. The molecule has 1 aliphatic heterocycles. The Morgan fingerprint density at radius 2 is 1.84 bits per heavy atom. The lowest BCUT2D eigenvalue weighted by Gasteiger charge is -2.30. The molecule has 2 aromatic carbocycles. The molecular formula is C24H27F3N2O3. The maximum Gasteiger partial charge on any atom is 0.416 e. The van der Waals surface area contributed by atoms with Gasteiger partial charge < -0.3 is 15.0 Å². The summed E-state index contributed by atoms with van der Waals surface area (Å²) in [7, 11) is 1.26. The number of nitrogens with one attached hydrogen (secondary N) is 1. The van der Waals surface area contributed by atoms with Gasteiger partial charge in [0, 0.05) is 24.0 Å². The first-order valence-electron chi connectivity index (χ1n) is 10.4. The summed E-state index contributed by atoms with van der Waals surface area (Å²) in [5, 5.41) is 2.62. The predicted molar refractivity (Wildman–Crippen MR) is 117 cm³/mol. The van der Waals surface area contributed by atoms with E-state index in [1.54, 1.807) is 11.8 Å². The summed E-state index contributed by atoms with van der Waals surface area (Å²) in [6.45, 7) is 7.47. The van der Waals surface area contributed by atoms with Crippen LogP contribution in [0.3, 0.4) is 0 Å². The number of rotatable bonds is 5. The van der Waals surface area contributed by atoms with Gasteiger partial charge in [-0.3, -0.25) is 9.59 Å². The Morgan fingerprint density at radius 3 is 2.38 bits per heavy atom. The van der Waals surface area contributed by atoms with E-state index < -0.39 is 29.0 Å². The lowest BCUT2D eigenvalue weighted by atomic mass is 9.75. The van der Waals surface area contributed by atoms with Crippen molar-refractivity contribution in [2.24, 2.45) is 11.3 Å². The van der Waals surface area contributed by atoms with Gasteiger partial charge >= 0.3 is 6.18 Å². The average molecular weight is 448 g/mol. The number of aryl methyl sites for hydroxylation is 2. The fraction of sp³-hybridized carbons (Fsp3) is 0.417. The Bertz CT molecular complexity index is 1030. The molecule has 1 fully saturated rings. The van der Waals surface area contributed by atoms with Crippen LogP contribution in [0, 0.1) is 25.2 Å². The van der Waals surface area contributed by atoms with Crippen LogP contribution in [0.5, 0.6) is 5.75 Å². The Kier molecular flexibility index (Phi) is 6.26. The summed E-state index contributed by atoms with van der Waals surface area (Å²) >= 11 is 0. The van der Waals surface area contributed by atoms with Crippen molar-refractivity contribution in [2.75, 3.05) is 23.9 Å². The fourth-order valence-corrected chi connectivity index (χ4v) is 4.44. The molecule has 0 spiro atoms. The van der Waals surface area contributed by atoms with Gasteiger partial charge in [0.2, 0.25) is 11.8 Å². The molecule has 0 saturated carbocycles. The highest BCUT2D eigenvalue weighted by atomic mass is 19.4. The number of carbonyl (C=O) groups excluding carboxylic acids is 2. The van der Waals surface area contributed by atoms with Crippen molar-refractivity contribution >= 4 is 23.2 Å². The smallest absolute Gasteiger partial charge is 0.416 e. The van der Waals surface area contributed by atoms with E-state index in [0.717, 1.165) is 28.9 Å². The summed E-state index contributed by atoms with van der Waals surface area (Å²) in [5.41, 5.74) is 0.562. The van der Waals surface area contributed by atoms with Crippen molar-refractivity contribution < 1.29 is 27.5 Å². The molecule has 2 aromatic rings. The Labute approximate surface area is 185 Å². The van der Waals surface area contributed by atoms with Crippen LogP contribution in [0.2, 0.25) is 0 Å². The second kappa shape index (κ2) is 8.48. The molecule has 8 heteroatoms. The molecule has 1 aliphatic rings. The highest BCUT2D eigenvalue weighted by molar-refractivity contribution is 6.07. The summed E-state index contributed by atoms with van der Waals surface area (Å²) in [5.74, 6) is -1.33. The number of hydrogen-bond donors (Lipinski definition) is 1. The molecule has 2 atom stereocenters. The zero-order chi connectivity index (χ0) is 23.8. The lowest BCUT2D eigenvalue weighted by molar-refractivity contribution is -0.137. The highest BCUT2D eigenvalue weighted by Gasteiger charge is 2.54. The maximum atomic E-state index is 13.4. The normalized spacial score (nSPS) is 21.1. The van der Waals surface area contributed by atoms with Gasteiger partial charge in [0.1, 0.15) is 5.75 Å². The monoisotopic (exact) mass is 448 g/mol. The van der Waals surface area contributed by atoms with Gasteiger partial charge in [-0.2, -0.15) is 13.2 Å². The predicted octanol–water partition coefficient (Wildman–Crippen LogP) is 5.35. The molecule has 1 unspecified atom stereocenters. The van der Waals surface area contributed by atoms with Gasteiger partial charge in [-0.05, 0) is 43.5 Å². The van der Waals surface area contributed by atoms with E-state index in [1.165, 1.54) is 13.2 Å². The summed E-state index contributed by atoms with van der Waals surface area (Å²) < 4.78 is 44.8. The van der Waals surface area contributed by atoms with Crippen LogP contribution in [-0.2, 0) is 15.8 Å². The van der Waals surface area contributed by atoms with Crippen molar-refractivity contribution in [3.63, 3.8) is 0 Å². The number of ether oxygens (including phenoxy) is 1. The molecule has 0 radical (unpaired) electrons. The van der Waals surface area contributed by atoms with Gasteiger partial charge in [0.15, 0.2) is 0 Å². The van der Waals surface area contributed by atoms with Gasteiger partial charge in [0.25, 0.3) is 0 Å². The summed E-state index contributed by atoms with van der Waals surface area (Å²) in [6.07, 6.45) is -4.24. The van der Waals surface area contributed by atoms with Gasteiger partial charge in [-0.1, -0.05) is 32.0 Å². The van der Waals surface area contributed by atoms with Gasteiger partial charge in [0.05, 0.1) is 24.0 Å². The SMILES string of the molecule is CC[C@@]1(C(=O)Nc2cc(OC)cc(C(F)(F)F)c2)CN(c2c(C)cccc2C)C(=O)C1C. The number of alkyl halides is 3. The van der Waals surface area contributed by atoms with E-state index in [1.807, 2.05) is 39.0 Å². The minimum absolute atomic E-state index is 0.0200. The van der Waals surface area contributed by atoms with Gasteiger partial charge in [-0.25, -0.2) is 0 Å². The number of halogens is 3. The molecular weight excluding hydrogens is 421 g/mol. The third-order valence-electron chi connectivity index (χ3n) is 6.43. The highest BCUT2D eigenvalue weighted by Crippen LogP contribution is 2.44. The van der Waals surface area contributed by atoms with Crippen LogP contribution in [0.4, 0.5) is 24.5 Å². The van der Waals surface area contributed by atoms with Crippen molar-refractivity contribution in [2.45, 2.75) is 40.3 Å². The average Bonchev–Trinajstić information content (AvgIpc) is 2.98. The lowest BCUT2D eigenvalue weighted by Crippen LogP contribution is -2.42. The molecule has 2 amide bonds. The van der Waals surface area contributed by atoms with E-state index in [-0.39, 0.29) is 23.9 Å². The van der Waals surface area contributed by atoms with Gasteiger partial charge in [-0.15, -0.1) is 0 Å². The maximum absolute atomic E-state index is 13.4. The van der Waals surface area contributed by atoms with Crippen LogP contribution in [0.1, 0.15) is 37.0 Å². The first-order chi connectivity index (χ1) is 14.9. The van der Waals surface area contributed by atoms with E-state index in [2.05, 4.69) is 5.32 Å². The zero-order valence-corrected chi connectivity index (χ0v) is 18.8. The molecule has 0 aromatic heterocycles. The third-order valence-corrected chi connectivity index (χ3v) is 6.43. The number of benzene rings is 2. The molecule has 3 rings (SSSR count). The fourth-order valence-electron chi connectivity index (χ4n) is 4.44. The number of para-hydroxylation sites is 1. The Hall–Kier alpha value is -3.03. The second-order valence-corrected chi connectivity index (χ2v) is 8.30. The molecule has 1 saturated heterocycles. The summed E-state index contributed by atoms with van der Waals surface area (Å²) in [4.78, 5) is 28.3. The first-order valence-corrected chi connectivity index (χ1v) is 10.4. The first kappa shape index (κ1) is 23.6. The van der Waals surface area contributed by atoms with Crippen LogP contribution in [0.25, 0.3) is 0 Å². The van der Waals surface area contributed by atoms with E-state index in [0.29, 0.717) is 6.42 Å². The minimum Gasteiger partial charge on any atom is -0.497 e. The van der Waals surface area contributed by atoms with Crippen LogP contribution < -0.4 is 15.0 Å². The van der Waals surface area contributed by atoms with Crippen molar-refractivity contribution in [3.8, 4) is 5.75 Å². The van der Waals surface area contributed by atoms with Crippen molar-refractivity contribution in [3.05, 3.63) is 53.1 Å². The standard InChI is InChI=1S/C24H27F3N2O3/c1-6-23(13-29(21(30)16(23)4)20-14(2)8-7-9-15(20)3)22(31)28-18-10-17(24(25,26)27)11-19(12-18)32-5/h7-12,16H,6,13H2,1-5H3,(H,28,31)/t16?,23-/m1/s1. The largest absolute Gasteiger partial charge is 0.497 e. The van der Waals surface area contributed by atoms with E-state index >= 15 is 0 Å². The molecule has 32 heavy (non-hydrogen) atoms. The minimum atomic E-state index is -4.59. The molecule has 1 N–H and O–H groups in total. The van der Waals surface area contributed by atoms with E-state index in [9.17, 15) is 22.8 Å².